The van der Waals surface area contributed by atoms with Crippen LogP contribution in [0.1, 0.15) is 175 Å². The van der Waals surface area contributed by atoms with Gasteiger partial charge in [-0.1, -0.05) is 136 Å². The molecule has 0 amide bonds. The van der Waals surface area contributed by atoms with Gasteiger partial charge in [-0.25, -0.2) is 9.59 Å². The Labute approximate surface area is 236 Å². The first-order valence-corrected chi connectivity index (χ1v) is 16.7. The predicted octanol–water partition coefficient (Wildman–Crippen LogP) is 10.4. The maximum absolute atomic E-state index is 13.5. The van der Waals surface area contributed by atoms with E-state index in [1.165, 1.54) is 83.5 Å². The molecule has 4 heteroatoms. The van der Waals surface area contributed by atoms with Crippen LogP contribution in [0.25, 0.3) is 0 Å². The van der Waals surface area contributed by atoms with Crippen molar-refractivity contribution in [3.63, 3.8) is 0 Å². The van der Waals surface area contributed by atoms with Gasteiger partial charge in [0, 0.05) is 5.57 Å². The fraction of sp³-hybridized carbons (Fsp3) is 0.882. The summed E-state index contributed by atoms with van der Waals surface area (Å²) in [5.41, 5.74) is 1.29. The van der Waals surface area contributed by atoms with Crippen LogP contribution in [0, 0.1) is 5.92 Å². The van der Waals surface area contributed by atoms with Crippen molar-refractivity contribution in [1.82, 2.24) is 0 Å². The Morgan fingerprint density at radius 3 is 1.45 bits per heavy atom. The summed E-state index contributed by atoms with van der Waals surface area (Å²) in [4.78, 5) is 26.9. The lowest BCUT2D eigenvalue weighted by Crippen LogP contribution is -2.24. The van der Waals surface area contributed by atoms with Crippen LogP contribution in [0.4, 0.5) is 0 Å². The number of esters is 2. The van der Waals surface area contributed by atoms with Gasteiger partial charge in [0.1, 0.15) is 0 Å². The highest BCUT2D eigenvalue weighted by molar-refractivity contribution is 6.00. The van der Waals surface area contributed by atoms with E-state index in [1.54, 1.807) is 0 Å². The molecule has 1 fully saturated rings. The van der Waals surface area contributed by atoms with Crippen LogP contribution in [0.3, 0.4) is 0 Å². The highest BCUT2D eigenvalue weighted by atomic mass is 16.5. The van der Waals surface area contributed by atoms with Crippen molar-refractivity contribution < 1.29 is 19.1 Å². The lowest BCUT2D eigenvalue weighted by Gasteiger charge is -2.26. The largest absolute Gasteiger partial charge is 0.462 e. The van der Waals surface area contributed by atoms with E-state index in [2.05, 4.69) is 20.8 Å². The van der Waals surface area contributed by atoms with Gasteiger partial charge in [0.15, 0.2) is 0 Å². The van der Waals surface area contributed by atoms with Gasteiger partial charge in [0.05, 0.1) is 18.8 Å². The Kier molecular flexibility index (Phi) is 22.6. The molecular weight excluding hydrogens is 472 g/mol. The summed E-state index contributed by atoms with van der Waals surface area (Å²) >= 11 is 0. The molecule has 0 N–H and O–H groups in total. The lowest BCUT2D eigenvalue weighted by atomic mass is 9.80. The number of unbranched alkanes of at least 4 members (excludes halogenated alkanes) is 15. The van der Waals surface area contributed by atoms with E-state index < -0.39 is 0 Å². The second-order valence-corrected chi connectivity index (χ2v) is 11.6. The van der Waals surface area contributed by atoms with E-state index in [9.17, 15) is 9.59 Å². The van der Waals surface area contributed by atoms with Crippen LogP contribution in [-0.2, 0) is 19.1 Å². The van der Waals surface area contributed by atoms with E-state index in [4.69, 9.17) is 9.47 Å². The second kappa shape index (κ2) is 24.7. The predicted molar refractivity (Wildman–Crippen MR) is 160 cm³/mol. The summed E-state index contributed by atoms with van der Waals surface area (Å²) in [6.45, 7) is 7.59. The fourth-order valence-corrected chi connectivity index (χ4v) is 5.62. The standard InChI is InChI=1S/C34H62O4/c1-4-7-10-13-16-22-27-31(33(35)37-28-23-17-14-11-8-5-2)32(30-25-20-19-21-26-30)34(36)38-29-24-18-15-12-9-6-3/h30H,4-29H2,1-3H3. The average Bonchev–Trinajstić information content (AvgIpc) is 2.93. The normalized spacial score (nSPS) is 14.8. The molecule has 0 heterocycles. The van der Waals surface area contributed by atoms with Crippen LogP contribution >= 0.6 is 0 Å². The van der Waals surface area contributed by atoms with Gasteiger partial charge in [0.2, 0.25) is 0 Å². The minimum atomic E-state index is -0.260. The zero-order valence-electron chi connectivity index (χ0n) is 25.6. The van der Waals surface area contributed by atoms with Crippen LogP contribution < -0.4 is 0 Å². The first-order chi connectivity index (χ1) is 18.7. The van der Waals surface area contributed by atoms with Crippen LogP contribution in [-0.4, -0.2) is 25.2 Å². The minimum absolute atomic E-state index is 0.137. The molecule has 0 saturated heterocycles. The Balaban J connectivity index is 2.86. The SMILES string of the molecule is CCCCCCCCOC(=O)C(CCCCCCCC)=C(C(=O)OCCCCCCCC)C1CCCCC1. The third-order valence-corrected chi connectivity index (χ3v) is 8.05. The molecule has 38 heavy (non-hydrogen) atoms. The number of carbonyl (C=O) groups is 2. The van der Waals surface area contributed by atoms with Gasteiger partial charge < -0.3 is 9.47 Å². The summed E-state index contributed by atoms with van der Waals surface area (Å²) in [5, 5.41) is 0. The van der Waals surface area contributed by atoms with Crippen molar-refractivity contribution >= 4 is 11.9 Å². The Morgan fingerprint density at radius 2 is 0.947 bits per heavy atom. The maximum atomic E-state index is 13.5. The summed E-state index contributed by atoms with van der Waals surface area (Å²) in [6, 6.07) is 0. The Hall–Kier alpha value is -1.32. The fourth-order valence-electron chi connectivity index (χ4n) is 5.62. The molecule has 0 spiro atoms. The van der Waals surface area contributed by atoms with Crippen LogP contribution in [0.15, 0.2) is 11.1 Å². The molecule has 1 aliphatic rings. The van der Waals surface area contributed by atoms with Crippen molar-refractivity contribution in [3.8, 4) is 0 Å². The molecule has 222 valence electrons. The van der Waals surface area contributed by atoms with E-state index in [1.807, 2.05) is 0 Å². The molecule has 0 atom stereocenters. The van der Waals surface area contributed by atoms with Crippen LogP contribution in [0.5, 0.6) is 0 Å². The van der Waals surface area contributed by atoms with E-state index in [-0.39, 0.29) is 17.9 Å². The smallest absolute Gasteiger partial charge is 0.334 e. The van der Waals surface area contributed by atoms with Crippen molar-refractivity contribution in [3.05, 3.63) is 11.1 Å². The monoisotopic (exact) mass is 534 g/mol. The molecule has 0 aromatic carbocycles. The van der Waals surface area contributed by atoms with Crippen molar-refractivity contribution in [2.75, 3.05) is 13.2 Å². The first kappa shape index (κ1) is 34.7. The molecule has 1 rings (SSSR count). The molecule has 0 aliphatic heterocycles. The van der Waals surface area contributed by atoms with Gasteiger partial charge in [0.25, 0.3) is 0 Å². The molecule has 1 saturated carbocycles. The third-order valence-electron chi connectivity index (χ3n) is 8.05. The number of hydrogen-bond acceptors (Lipinski definition) is 4. The van der Waals surface area contributed by atoms with E-state index in [0.717, 1.165) is 64.2 Å². The second-order valence-electron chi connectivity index (χ2n) is 11.6. The zero-order chi connectivity index (χ0) is 27.7. The highest BCUT2D eigenvalue weighted by Gasteiger charge is 2.30. The Bertz CT molecular complexity index is 618. The van der Waals surface area contributed by atoms with Gasteiger partial charge in [-0.3, -0.25) is 0 Å². The number of hydrogen-bond donors (Lipinski definition) is 0. The number of rotatable bonds is 24. The third kappa shape index (κ3) is 16.6. The van der Waals surface area contributed by atoms with Gasteiger partial charge >= 0.3 is 11.9 Å². The summed E-state index contributed by atoms with van der Waals surface area (Å²) in [7, 11) is 0. The average molecular weight is 535 g/mol. The van der Waals surface area contributed by atoms with Crippen molar-refractivity contribution in [1.29, 1.82) is 0 Å². The lowest BCUT2D eigenvalue weighted by molar-refractivity contribution is -0.143. The zero-order valence-corrected chi connectivity index (χ0v) is 25.6. The molecular formula is C34H62O4. The van der Waals surface area contributed by atoms with E-state index in [0.29, 0.717) is 30.8 Å². The molecule has 0 radical (unpaired) electrons. The maximum Gasteiger partial charge on any atom is 0.334 e. The first-order valence-electron chi connectivity index (χ1n) is 16.7. The molecule has 0 aromatic rings. The summed E-state index contributed by atoms with van der Waals surface area (Å²) in [6.07, 6.45) is 26.9. The number of carbonyl (C=O) groups excluding carboxylic acids is 2. The molecule has 0 bridgehead atoms. The van der Waals surface area contributed by atoms with Crippen molar-refractivity contribution in [2.24, 2.45) is 5.92 Å². The summed E-state index contributed by atoms with van der Waals surface area (Å²) in [5.74, 6) is -0.371. The summed E-state index contributed by atoms with van der Waals surface area (Å²) < 4.78 is 11.6. The van der Waals surface area contributed by atoms with E-state index >= 15 is 0 Å². The molecule has 0 unspecified atom stereocenters. The molecule has 1 aliphatic carbocycles. The number of ether oxygens (including phenoxy) is 2. The van der Waals surface area contributed by atoms with Gasteiger partial charge in [-0.2, -0.15) is 0 Å². The topological polar surface area (TPSA) is 52.6 Å². The van der Waals surface area contributed by atoms with Crippen LogP contribution in [0.2, 0.25) is 0 Å². The van der Waals surface area contributed by atoms with Gasteiger partial charge in [-0.15, -0.1) is 0 Å². The molecule has 4 nitrogen and oxygen atoms in total. The Morgan fingerprint density at radius 1 is 0.526 bits per heavy atom. The minimum Gasteiger partial charge on any atom is -0.462 e. The highest BCUT2D eigenvalue weighted by Crippen LogP contribution is 2.34. The molecule has 0 aromatic heterocycles. The quantitative estimate of drug-likeness (QED) is 0.0702. The van der Waals surface area contributed by atoms with Gasteiger partial charge in [-0.05, 0) is 44.4 Å². The van der Waals surface area contributed by atoms with Crippen molar-refractivity contribution in [2.45, 2.75) is 175 Å².